The monoisotopic (exact) mass is 300 g/mol. The molecule has 0 aliphatic rings. The number of ether oxygens (including phenoxy) is 1. The number of carbonyl (C=O) groups excluding carboxylic acids is 1. The van der Waals surface area contributed by atoms with Crippen molar-refractivity contribution < 1.29 is 9.53 Å². The molecule has 0 aromatic carbocycles. The molecule has 0 heterocycles. The summed E-state index contributed by atoms with van der Waals surface area (Å²) in [5, 5.41) is 0. The average Bonchev–Trinajstić information content (AvgIpc) is 2.48. The summed E-state index contributed by atoms with van der Waals surface area (Å²) in [6.45, 7) is 11.7. The van der Waals surface area contributed by atoms with Crippen molar-refractivity contribution in [2.75, 3.05) is 6.61 Å². The van der Waals surface area contributed by atoms with E-state index in [1.165, 1.54) is 50.2 Å². The van der Waals surface area contributed by atoms with Gasteiger partial charge in [-0.2, -0.15) is 0 Å². The zero-order valence-corrected chi connectivity index (χ0v) is 15.5. The average molecular weight is 301 g/mol. The fourth-order valence-corrected chi connectivity index (χ4v) is 7.02. The van der Waals surface area contributed by atoms with Gasteiger partial charge in [0.25, 0.3) is 0 Å². The van der Waals surface area contributed by atoms with Crippen LogP contribution in [0, 0.1) is 0 Å². The van der Waals surface area contributed by atoms with E-state index in [4.69, 9.17) is 4.74 Å². The molecule has 0 aliphatic heterocycles. The highest BCUT2D eigenvalue weighted by Gasteiger charge is 2.38. The Bertz CT molecular complexity index is 241. The van der Waals surface area contributed by atoms with E-state index in [0.29, 0.717) is 6.61 Å². The maximum atomic E-state index is 12.2. The first-order chi connectivity index (χ1) is 9.57. The first-order valence-corrected chi connectivity index (χ1v) is 11.4. The summed E-state index contributed by atoms with van der Waals surface area (Å²) < 4.78 is 5.52. The predicted octanol–water partition coefficient (Wildman–Crippen LogP) is 5.79. The van der Waals surface area contributed by atoms with E-state index in [-0.39, 0.29) is 11.5 Å². The van der Waals surface area contributed by atoms with Gasteiger partial charge in [0, 0.05) is 5.54 Å². The molecule has 20 heavy (non-hydrogen) atoms. The first-order valence-electron chi connectivity index (χ1n) is 8.74. The van der Waals surface area contributed by atoms with Gasteiger partial charge in [-0.3, -0.25) is 4.79 Å². The van der Waals surface area contributed by atoms with Crippen molar-refractivity contribution in [1.29, 1.82) is 0 Å². The predicted molar refractivity (Wildman–Crippen MR) is 91.0 cm³/mol. The third-order valence-corrected chi connectivity index (χ3v) is 11.4. The van der Waals surface area contributed by atoms with Crippen molar-refractivity contribution in [1.82, 2.24) is 0 Å². The summed E-state index contributed by atoms with van der Waals surface area (Å²) in [6.07, 6.45) is 7.43. The maximum Gasteiger partial charge on any atom is 0.305 e. The number of hydrogen-bond acceptors (Lipinski definition) is 2. The summed E-state index contributed by atoms with van der Waals surface area (Å²) >= 11 is 0. The number of esters is 1. The molecule has 0 aromatic heterocycles. The second-order valence-corrected chi connectivity index (χ2v) is 11.8. The number of carbonyl (C=O) groups is 1. The van der Waals surface area contributed by atoms with Crippen LogP contribution in [0.2, 0.25) is 23.7 Å². The largest absolute Gasteiger partial charge is 0.466 e. The van der Waals surface area contributed by atoms with E-state index >= 15 is 0 Å². The standard InChI is InChI=1S/C17H36O2Si/c1-6-10-11-12-13-14-15-19-17(18)16(5)20(7-2,8-3)9-4/h16H,6-15H2,1-5H3. The van der Waals surface area contributed by atoms with Gasteiger partial charge in [0.1, 0.15) is 0 Å². The Hall–Kier alpha value is -0.313. The van der Waals surface area contributed by atoms with E-state index < -0.39 is 8.07 Å². The van der Waals surface area contributed by atoms with Crippen molar-refractivity contribution in [2.24, 2.45) is 0 Å². The van der Waals surface area contributed by atoms with Gasteiger partial charge in [-0.25, -0.2) is 0 Å². The van der Waals surface area contributed by atoms with Crippen LogP contribution in [0.4, 0.5) is 0 Å². The van der Waals surface area contributed by atoms with Crippen LogP contribution in [0.3, 0.4) is 0 Å². The number of unbranched alkanes of at least 4 members (excludes halogenated alkanes) is 5. The molecule has 0 N–H and O–H groups in total. The lowest BCUT2D eigenvalue weighted by molar-refractivity contribution is -0.143. The van der Waals surface area contributed by atoms with Crippen molar-refractivity contribution in [2.45, 2.75) is 96.8 Å². The van der Waals surface area contributed by atoms with E-state index in [1.807, 2.05) is 0 Å². The maximum absolute atomic E-state index is 12.2. The third kappa shape index (κ3) is 6.42. The molecule has 0 amide bonds. The smallest absolute Gasteiger partial charge is 0.305 e. The van der Waals surface area contributed by atoms with Crippen molar-refractivity contribution in [3.8, 4) is 0 Å². The molecule has 120 valence electrons. The fraction of sp³-hybridized carbons (Fsp3) is 0.941. The third-order valence-electron chi connectivity index (χ3n) is 5.13. The molecule has 0 aromatic rings. The molecule has 0 aliphatic carbocycles. The van der Waals surface area contributed by atoms with Gasteiger partial charge in [0.15, 0.2) is 0 Å². The van der Waals surface area contributed by atoms with Crippen LogP contribution < -0.4 is 0 Å². The lowest BCUT2D eigenvalue weighted by Crippen LogP contribution is -2.40. The van der Waals surface area contributed by atoms with E-state index in [0.717, 1.165) is 6.42 Å². The Morgan fingerprint density at radius 1 is 0.900 bits per heavy atom. The van der Waals surface area contributed by atoms with Crippen LogP contribution in [0.5, 0.6) is 0 Å². The minimum atomic E-state index is -1.44. The quantitative estimate of drug-likeness (QED) is 0.259. The lowest BCUT2D eigenvalue weighted by Gasteiger charge is -2.33. The molecule has 0 rings (SSSR count). The second kappa shape index (κ2) is 11.4. The molecule has 0 bridgehead atoms. The van der Waals surface area contributed by atoms with E-state index in [9.17, 15) is 4.79 Å². The van der Waals surface area contributed by atoms with Gasteiger partial charge < -0.3 is 4.74 Å². The lowest BCUT2D eigenvalue weighted by atomic mass is 10.1. The summed E-state index contributed by atoms with van der Waals surface area (Å²) in [5.74, 6) is 0.0655. The topological polar surface area (TPSA) is 26.3 Å². The zero-order chi connectivity index (χ0) is 15.4. The molecule has 2 nitrogen and oxygen atoms in total. The molecular formula is C17H36O2Si. The minimum Gasteiger partial charge on any atom is -0.466 e. The van der Waals surface area contributed by atoms with Crippen LogP contribution in [-0.4, -0.2) is 20.7 Å². The highest BCUT2D eigenvalue weighted by atomic mass is 28.3. The van der Waals surface area contributed by atoms with Crippen LogP contribution in [-0.2, 0) is 9.53 Å². The Labute approximate surface area is 127 Å². The van der Waals surface area contributed by atoms with E-state index in [2.05, 4.69) is 34.6 Å². The molecule has 0 radical (unpaired) electrons. The van der Waals surface area contributed by atoms with Gasteiger partial charge in [-0.15, -0.1) is 0 Å². The van der Waals surface area contributed by atoms with Crippen LogP contribution in [0.25, 0.3) is 0 Å². The Kier molecular flexibility index (Phi) is 11.2. The van der Waals surface area contributed by atoms with Gasteiger partial charge >= 0.3 is 5.97 Å². The molecular weight excluding hydrogens is 264 g/mol. The second-order valence-electron chi connectivity index (χ2n) is 6.08. The van der Waals surface area contributed by atoms with Crippen LogP contribution in [0.15, 0.2) is 0 Å². The highest BCUT2D eigenvalue weighted by Crippen LogP contribution is 2.33. The molecule has 3 heteroatoms. The summed E-state index contributed by atoms with van der Waals surface area (Å²) in [7, 11) is -1.44. The van der Waals surface area contributed by atoms with Crippen LogP contribution >= 0.6 is 0 Å². The Morgan fingerprint density at radius 3 is 1.90 bits per heavy atom. The minimum absolute atomic E-state index is 0.0655. The SMILES string of the molecule is CCCCCCCCOC(=O)C(C)[Si](CC)(CC)CC. The van der Waals surface area contributed by atoms with Crippen molar-refractivity contribution in [3.63, 3.8) is 0 Å². The van der Waals surface area contributed by atoms with Crippen molar-refractivity contribution in [3.05, 3.63) is 0 Å². The van der Waals surface area contributed by atoms with Crippen molar-refractivity contribution >= 4 is 14.0 Å². The molecule has 1 unspecified atom stereocenters. The summed E-state index contributed by atoms with van der Waals surface area (Å²) in [6, 6.07) is 3.56. The molecule has 0 fully saturated rings. The normalized spacial score (nSPS) is 13.2. The van der Waals surface area contributed by atoms with E-state index in [1.54, 1.807) is 0 Å². The summed E-state index contributed by atoms with van der Waals surface area (Å²) in [5.41, 5.74) is 0.155. The molecule has 1 atom stereocenters. The number of hydrogen-bond donors (Lipinski definition) is 0. The molecule has 0 saturated heterocycles. The first kappa shape index (κ1) is 19.7. The fourth-order valence-electron chi connectivity index (χ4n) is 3.10. The van der Waals surface area contributed by atoms with Crippen LogP contribution in [0.1, 0.15) is 73.1 Å². The highest BCUT2D eigenvalue weighted by molar-refractivity contribution is 6.83. The van der Waals surface area contributed by atoms with Gasteiger partial charge in [-0.05, 0) is 6.42 Å². The van der Waals surface area contributed by atoms with Gasteiger partial charge in [0.05, 0.1) is 14.7 Å². The summed E-state index contributed by atoms with van der Waals surface area (Å²) in [4.78, 5) is 12.2. The van der Waals surface area contributed by atoms with Gasteiger partial charge in [-0.1, -0.05) is 84.9 Å². The number of rotatable bonds is 12. The Balaban J connectivity index is 3.96. The zero-order valence-electron chi connectivity index (χ0n) is 14.5. The molecule has 0 saturated carbocycles. The Morgan fingerprint density at radius 2 is 1.40 bits per heavy atom. The molecule has 0 spiro atoms. The van der Waals surface area contributed by atoms with Gasteiger partial charge in [0.2, 0.25) is 0 Å².